The lowest BCUT2D eigenvalue weighted by atomic mass is 9.95. The second-order valence-electron chi connectivity index (χ2n) is 5.52. The molecule has 0 aliphatic carbocycles. The van der Waals surface area contributed by atoms with E-state index in [4.69, 9.17) is 0 Å². The van der Waals surface area contributed by atoms with Crippen LogP contribution in [0.4, 0.5) is 14.5 Å². The predicted octanol–water partition coefficient (Wildman–Crippen LogP) is 4.20. The normalized spacial score (nSPS) is 18.4. The van der Waals surface area contributed by atoms with Crippen LogP contribution in [0.5, 0.6) is 0 Å². The van der Waals surface area contributed by atoms with E-state index in [1.54, 1.807) is 12.3 Å². The lowest BCUT2D eigenvalue weighted by Gasteiger charge is -2.19. The van der Waals surface area contributed by atoms with Crippen LogP contribution in [0.3, 0.4) is 0 Å². The molecule has 8 heteroatoms. The molecule has 25 heavy (non-hydrogen) atoms. The second kappa shape index (κ2) is 7.61. The van der Waals surface area contributed by atoms with Crippen LogP contribution >= 0.6 is 27.9 Å². The standard InChI is InChI=1S/C17H16BrF2N3OS/c1-2-5-25-23-13-4-3-12(19)14(15(13)20)16(24)11-8-22-17-10(11)6-9(18)7-21-17/h3-4,6-8,17,21-23H,2,5H2,1H3. The maximum absolute atomic E-state index is 14.7. The number of rotatable bonds is 6. The average Bonchev–Trinajstić information content (AvgIpc) is 3.00. The highest BCUT2D eigenvalue weighted by Crippen LogP contribution is 2.31. The zero-order valence-corrected chi connectivity index (χ0v) is 15.7. The molecule has 0 radical (unpaired) electrons. The van der Waals surface area contributed by atoms with E-state index in [0.29, 0.717) is 5.57 Å². The van der Waals surface area contributed by atoms with E-state index in [2.05, 4.69) is 31.3 Å². The van der Waals surface area contributed by atoms with Gasteiger partial charge < -0.3 is 15.4 Å². The Bertz CT molecular complexity index is 807. The molecular formula is C17H16BrF2N3OS. The summed E-state index contributed by atoms with van der Waals surface area (Å²) in [6.45, 7) is 2.00. The zero-order chi connectivity index (χ0) is 18.0. The highest BCUT2D eigenvalue weighted by atomic mass is 79.9. The lowest BCUT2D eigenvalue weighted by Crippen LogP contribution is -2.36. The van der Waals surface area contributed by atoms with Gasteiger partial charge >= 0.3 is 0 Å². The molecule has 0 amide bonds. The monoisotopic (exact) mass is 427 g/mol. The SMILES string of the molecule is CCCSNc1ccc(F)c(C(=O)C2=CNC3NC=C(Br)C=C23)c1F. The number of hydrogen-bond acceptors (Lipinski definition) is 5. The molecule has 0 aromatic heterocycles. The van der Waals surface area contributed by atoms with Crippen LogP contribution < -0.4 is 15.4 Å². The number of carbonyl (C=O) groups excluding carboxylic acids is 1. The van der Waals surface area contributed by atoms with Crippen LogP contribution in [-0.2, 0) is 0 Å². The van der Waals surface area contributed by atoms with Gasteiger partial charge in [-0.1, -0.05) is 18.9 Å². The number of hydrogen-bond donors (Lipinski definition) is 3. The van der Waals surface area contributed by atoms with Gasteiger partial charge in [-0.3, -0.25) is 4.79 Å². The van der Waals surface area contributed by atoms with E-state index in [9.17, 15) is 13.6 Å². The van der Waals surface area contributed by atoms with E-state index >= 15 is 0 Å². The average molecular weight is 428 g/mol. The van der Waals surface area contributed by atoms with Crippen molar-refractivity contribution < 1.29 is 13.6 Å². The lowest BCUT2D eigenvalue weighted by molar-refractivity contribution is 0.102. The van der Waals surface area contributed by atoms with E-state index < -0.39 is 23.0 Å². The fraction of sp³-hybridized carbons (Fsp3) is 0.235. The van der Waals surface area contributed by atoms with Gasteiger partial charge in [0.25, 0.3) is 0 Å². The third-order valence-electron chi connectivity index (χ3n) is 3.75. The van der Waals surface area contributed by atoms with Crippen molar-refractivity contribution in [2.75, 3.05) is 10.5 Å². The first kappa shape index (κ1) is 18.0. The van der Waals surface area contributed by atoms with Crippen LogP contribution in [0, 0.1) is 11.6 Å². The van der Waals surface area contributed by atoms with E-state index in [1.807, 2.05) is 6.92 Å². The molecule has 1 aromatic rings. The molecular weight excluding hydrogens is 412 g/mol. The minimum Gasteiger partial charge on any atom is -0.367 e. The number of dihydropyridines is 1. The Morgan fingerprint density at radius 3 is 2.84 bits per heavy atom. The molecule has 2 aliphatic rings. The largest absolute Gasteiger partial charge is 0.367 e. The molecule has 0 spiro atoms. The maximum Gasteiger partial charge on any atom is 0.200 e. The van der Waals surface area contributed by atoms with Crippen molar-refractivity contribution in [1.82, 2.24) is 10.6 Å². The van der Waals surface area contributed by atoms with Crippen molar-refractivity contribution in [3.63, 3.8) is 0 Å². The number of carbonyl (C=O) groups is 1. The van der Waals surface area contributed by atoms with Crippen LogP contribution in [0.15, 0.2) is 46.2 Å². The predicted molar refractivity (Wildman–Crippen MR) is 100 cm³/mol. The summed E-state index contributed by atoms with van der Waals surface area (Å²) in [5.41, 5.74) is 0.418. The maximum atomic E-state index is 14.7. The van der Waals surface area contributed by atoms with Crippen LogP contribution in [-0.4, -0.2) is 17.7 Å². The van der Waals surface area contributed by atoms with Crippen molar-refractivity contribution in [2.45, 2.75) is 19.5 Å². The Morgan fingerprint density at radius 2 is 2.08 bits per heavy atom. The highest BCUT2D eigenvalue weighted by Gasteiger charge is 2.32. The van der Waals surface area contributed by atoms with E-state index in [1.165, 1.54) is 24.2 Å². The van der Waals surface area contributed by atoms with Gasteiger partial charge in [0.05, 0.1) is 11.3 Å². The van der Waals surface area contributed by atoms with Crippen molar-refractivity contribution in [3.05, 3.63) is 63.4 Å². The van der Waals surface area contributed by atoms with Gasteiger partial charge in [-0.15, -0.1) is 0 Å². The Balaban J connectivity index is 1.92. The summed E-state index contributed by atoms with van der Waals surface area (Å²) in [5, 5.41) is 6.03. The molecule has 2 heterocycles. The molecule has 0 saturated heterocycles. The molecule has 132 valence electrons. The van der Waals surface area contributed by atoms with Crippen molar-refractivity contribution in [2.24, 2.45) is 0 Å². The van der Waals surface area contributed by atoms with Crippen molar-refractivity contribution in [3.8, 4) is 0 Å². The second-order valence-corrected chi connectivity index (χ2v) is 7.33. The number of fused-ring (bicyclic) bond motifs is 1. The molecule has 3 N–H and O–H groups in total. The molecule has 0 saturated carbocycles. The molecule has 1 atom stereocenters. The number of nitrogens with one attached hydrogen (secondary N) is 3. The first-order chi connectivity index (χ1) is 12.0. The first-order valence-electron chi connectivity index (χ1n) is 7.73. The summed E-state index contributed by atoms with van der Waals surface area (Å²) in [6, 6.07) is 2.41. The Labute approximate surface area is 157 Å². The summed E-state index contributed by atoms with van der Waals surface area (Å²) >= 11 is 4.64. The fourth-order valence-corrected chi connectivity index (χ4v) is 3.55. The van der Waals surface area contributed by atoms with Gasteiger partial charge in [0, 0.05) is 33.8 Å². The number of allylic oxidation sites excluding steroid dienone is 2. The summed E-state index contributed by atoms with van der Waals surface area (Å²) in [4.78, 5) is 12.8. The molecule has 1 aromatic carbocycles. The summed E-state index contributed by atoms with van der Waals surface area (Å²) < 4.78 is 32.5. The molecule has 1 unspecified atom stereocenters. The quantitative estimate of drug-likeness (QED) is 0.360. The summed E-state index contributed by atoms with van der Waals surface area (Å²) in [6.07, 6.45) is 5.60. The fourth-order valence-electron chi connectivity index (χ4n) is 2.55. The van der Waals surface area contributed by atoms with E-state index in [0.717, 1.165) is 22.7 Å². The zero-order valence-electron chi connectivity index (χ0n) is 13.3. The van der Waals surface area contributed by atoms with Gasteiger partial charge in [0.2, 0.25) is 5.78 Å². The Hall–Kier alpha value is -1.80. The van der Waals surface area contributed by atoms with Gasteiger partial charge in [-0.05, 0) is 40.6 Å². The van der Waals surface area contributed by atoms with Gasteiger partial charge in [0.15, 0.2) is 5.82 Å². The molecule has 0 fully saturated rings. The Morgan fingerprint density at radius 1 is 1.32 bits per heavy atom. The third-order valence-corrected chi connectivity index (χ3v) is 5.18. The highest BCUT2D eigenvalue weighted by molar-refractivity contribution is 9.11. The summed E-state index contributed by atoms with van der Waals surface area (Å²) in [5.74, 6) is -1.67. The number of ketones is 1. The number of halogens is 3. The molecule has 4 nitrogen and oxygen atoms in total. The first-order valence-corrected chi connectivity index (χ1v) is 9.51. The van der Waals surface area contributed by atoms with Gasteiger partial charge in [0.1, 0.15) is 12.0 Å². The topological polar surface area (TPSA) is 53.2 Å². The minimum absolute atomic E-state index is 0.100. The summed E-state index contributed by atoms with van der Waals surface area (Å²) in [7, 11) is 0. The molecule has 2 aliphatic heterocycles. The van der Waals surface area contributed by atoms with Gasteiger partial charge in [-0.2, -0.15) is 0 Å². The number of benzene rings is 1. The number of anilines is 1. The number of Topliss-reactive ketones (excluding diaryl/α,β-unsaturated/α-hetero) is 1. The third kappa shape index (κ3) is 3.59. The minimum atomic E-state index is -0.878. The van der Waals surface area contributed by atoms with Crippen molar-refractivity contribution in [1.29, 1.82) is 0 Å². The van der Waals surface area contributed by atoms with Crippen LogP contribution in [0.2, 0.25) is 0 Å². The molecule has 0 bridgehead atoms. The van der Waals surface area contributed by atoms with Crippen LogP contribution in [0.1, 0.15) is 23.7 Å². The molecule has 3 rings (SSSR count). The van der Waals surface area contributed by atoms with E-state index in [-0.39, 0.29) is 17.4 Å². The van der Waals surface area contributed by atoms with Gasteiger partial charge in [-0.25, -0.2) is 8.78 Å². The van der Waals surface area contributed by atoms with Crippen molar-refractivity contribution >= 4 is 39.3 Å². The Kier molecular flexibility index (Phi) is 5.48. The van der Waals surface area contributed by atoms with Crippen LogP contribution in [0.25, 0.3) is 0 Å². The smallest absolute Gasteiger partial charge is 0.200 e.